The van der Waals surface area contributed by atoms with Crippen molar-refractivity contribution in [1.29, 1.82) is 0 Å². The molecular formula is C15H24N4. The minimum absolute atomic E-state index is 0.440. The fourth-order valence-corrected chi connectivity index (χ4v) is 5.63. The highest BCUT2D eigenvalue weighted by Gasteiger charge is 2.50. The summed E-state index contributed by atoms with van der Waals surface area (Å²) in [6.07, 6.45) is 9.37. The van der Waals surface area contributed by atoms with Gasteiger partial charge in [-0.25, -0.2) is 0 Å². The molecule has 4 aliphatic rings. The molecule has 4 nitrogen and oxygen atoms in total. The van der Waals surface area contributed by atoms with E-state index in [2.05, 4.69) is 22.7 Å². The van der Waals surface area contributed by atoms with Crippen LogP contribution in [0.3, 0.4) is 0 Å². The number of aromatic nitrogens is 3. The van der Waals surface area contributed by atoms with E-state index in [-0.39, 0.29) is 0 Å². The number of hydrogen-bond acceptors (Lipinski definition) is 3. The maximum absolute atomic E-state index is 4.12. The largest absolute Gasteiger partial charge is 0.311 e. The summed E-state index contributed by atoms with van der Waals surface area (Å²) >= 11 is 0. The number of rotatable bonds is 3. The van der Waals surface area contributed by atoms with E-state index in [0.29, 0.717) is 6.04 Å². The zero-order valence-corrected chi connectivity index (χ0v) is 11.9. The molecule has 1 atom stereocenters. The smallest absolute Gasteiger partial charge is 0.0756 e. The monoisotopic (exact) mass is 260 g/mol. The summed E-state index contributed by atoms with van der Waals surface area (Å²) in [7, 11) is 4.12. The molecule has 1 aromatic rings. The predicted molar refractivity (Wildman–Crippen MR) is 73.3 cm³/mol. The first-order valence-corrected chi connectivity index (χ1v) is 7.78. The molecule has 0 aromatic carbocycles. The summed E-state index contributed by atoms with van der Waals surface area (Å²) in [6.45, 7) is 0. The summed E-state index contributed by atoms with van der Waals surface area (Å²) in [4.78, 5) is 0. The molecule has 4 bridgehead atoms. The van der Waals surface area contributed by atoms with Crippen LogP contribution in [0.25, 0.3) is 0 Å². The summed E-state index contributed by atoms with van der Waals surface area (Å²) < 4.78 is 1.95. The quantitative estimate of drug-likeness (QED) is 0.905. The Balaban J connectivity index is 1.66. The van der Waals surface area contributed by atoms with E-state index in [0.717, 1.165) is 29.6 Å². The van der Waals surface area contributed by atoms with Gasteiger partial charge < -0.3 is 5.32 Å². The van der Waals surface area contributed by atoms with Crippen LogP contribution in [0, 0.1) is 29.6 Å². The average Bonchev–Trinajstić information content (AvgIpc) is 2.79. The van der Waals surface area contributed by atoms with Crippen LogP contribution >= 0.6 is 0 Å². The molecule has 5 rings (SSSR count). The van der Waals surface area contributed by atoms with Gasteiger partial charge in [0, 0.05) is 7.05 Å². The summed E-state index contributed by atoms with van der Waals surface area (Å²) in [5, 5.41) is 11.8. The first-order valence-electron chi connectivity index (χ1n) is 7.78. The molecule has 0 spiro atoms. The molecule has 0 saturated heterocycles. The third kappa shape index (κ3) is 1.76. The van der Waals surface area contributed by atoms with Gasteiger partial charge in [0.15, 0.2) is 0 Å². The molecule has 0 radical (unpaired) electrons. The van der Waals surface area contributed by atoms with Crippen molar-refractivity contribution in [3.8, 4) is 0 Å². The van der Waals surface area contributed by atoms with E-state index in [4.69, 9.17) is 0 Å². The highest BCUT2D eigenvalue weighted by molar-refractivity contribution is 5.10. The van der Waals surface area contributed by atoms with Crippen molar-refractivity contribution < 1.29 is 0 Å². The molecule has 4 saturated carbocycles. The Kier molecular flexibility index (Phi) is 2.69. The molecule has 19 heavy (non-hydrogen) atoms. The van der Waals surface area contributed by atoms with Crippen LogP contribution < -0.4 is 5.32 Å². The lowest BCUT2D eigenvalue weighted by Gasteiger charge is -2.56. The second-order valence-electron chi connectivity index (χ2n) is 7.06. The second kappa shape index (κ2) is 4.30. The van der Waals surface area contributed by atoms with E-state index in [9.17, 15) is 0 Å². The number of hydrogen-bond donors (Lipinski definition) is 1. The summed E-state index contributed by atoms with van der Waals surface area (Å²) in [6, 6.07) is 0.440. The van der Waals surface area contributed by atoms with Crippen LogP contribution in [0.4, 0.5) is 0 Å². The van der Waals surface area contributed by atoms with Crippen LogP contribution in [0.1, 0.15) is 43.8 Å². The normalized spacial score (nSPS) is 41.7. The molecule has 0 aliphatic heterocycles. The first kappa shape index (κ1) is 11.9. The predicted octanol–water partition coefficient (Wildman–Crippen LogP) is 2.15. The molecule has 1 heterocycles. The van der Waals surface area contributed by atoms with E-state index in [1.54, 1.807) is 0 Å². The summed E-state index contributed by atoms with van der Waals surface area (Å²) in [5.74, 6) is 4.75. The fraction of sp³-hybridized carbons (Fsp3) is 0.867. The SMILES string of the molecule is CNC(c1cnnn1C)C1C2CC3CC(C2)CC1C3. The van der Waals surface area contributed by atoms with Gasteiger partial charge in [0.25, 0.3) is 0 Å². The van der Waals surface area contributed by atoms with Crippen LogP contribution in [-0.2, 0) is 7.05 Å². The lowest BCUT2D eigenvalue weighted by molar-refractivity contribution is -0.0525. The van der Waals surface area contributed by atoms with Crippen molar-refractivity contribution in [2.24, 2.45) is 36.6 Å². The van der Waals surface area contributed by atoms with Crippen LogP contribution in [0.15, 0.2) is 6.20 Å². The van der Waals surface area contributed by atoms with Crippen molar-refractivity contribution in [3.05, 3.63) is 11.9 Å². The molecule has 4 aliphatic carbocycles. The topological polar surface area (TPSA) is 42.7 Å². The Morgan fingerprint density at radius 3 is 2.26 bits per heavy atom. The van der Waals surface area contributed by atoms with Gasteiger partial charge in [-0.05, 0) is 68.7 Å². The molecule has 4 fully saturated rings. The lowest BCUT2D eigenvalue weighted by atomic mass is 9.50. The third-order valence-electron chi connectivity index (χ3n) is 6.06. The molecule has 1 N–H and O–H groups in total. The number of aryl methyl sites for hydroxylation is 1. The average molecular weight is 260 g/mol. The van der Waals surface area contributed by atoms with Gasteiger partial charge >= 0.3 is 0 Å². The fourth-order valence-electron chi connectivity index (χ4n) is 5.63. The van der Waals surface area contributed by atoms with Crippen molar-refractivity contribution in [2.45, 2.75) is 38.1 Å². The van der Waals surface area contributed by atoms with Gasteiger partial charge in [0.05, 0.1) is 17.9 Å². The highest BCUT2D eigenvalue weighted by atomic mass is 15.4. The highest BCUT2D eigenvalue weighted by Crippen LogP contribution is 2.59. The van der Waals surface area contributed by atoms with Crippen LogP contribution in [0.5, 0.6) is 0 Å². The van der Waals surface area contributed by atoms with Gasteiger partial charge in [-0.3, -0.25) is 4.68 Å². The lowest BCUT2D eigenvalue weighted by Crippen LogP contribution is -2.49. The van der Waals surface area contributed by atoms with Crippen molar-refractivity contribution in [2.75, 3.05) is 7.05 Å². The van der Waals surface area contributed by atoms with Gasteiger partial charge in [-0.2, -0.15) is 0 Å². The maximum atomic E-state index is 4.12. The molecule has 0 amide bonds. The Morgan fingerprint density at radius 1 is 1.16 bits per heavy atom. The van der Waals surface area contributed by atoms with E-state index >= 15 is 0 Å². The minimum Gasteiger partial charge on any atom is -0.311 e. The Labute approximate surface area is 115 Å². The first-order chi connectivity index (χ1) is 9.26. The van der Waals surface area contributed by atoms with Crippen LogP contribution in [-0.4, -0.2) is 22.0 Å². The zero-order chi connectivity index (χ0) is 13.0. The Hall–Kier alpha value is -0.900. The van der Waals surface area contributed by atoms with E-state index in [1.807, 2.05) is 17.9 Å². The Bertz CT molecular complexity index is 438. The zero-order valence-electron chi connectivity index (χ0n) is 11.9. The standard InChI is InChI=1S/C15H24N4/c1-16-15(13-8-17-18-19(13)2)14-11-4-9-3-10(6-11)7-12(14)5-9/h8-12,14-16H,3-7H2,1-2H3. The Morgan fingerprint density at radius 2 is 1.79 bits per heavy atom. The number of nitrogens with zero attached hydrogens (tertiary/aromatic N) is 3. The molecular weight excluding hydrogens is 236 g/mol. The maximum Gasteiger partial charge on any atom is 0.0756 e. The molecule has 4 heteroatoms. The van der Waals surface area contributed by atoms with Gasteiger partial charge in [0.1, 0.15) is 0 Å². The van der Waals surface area contributed by atoms with E-state index < -0.39 is 0 Å². The van der Waals surface area contributed by atoms with Gasteiger partial charge in [-0.1, -0.05) is 5.21 Å². The van der Waals surface area contributed by atoms with Crippen molar-refractivity contribution in [3.63, 3.8) is 0 Å². The summed E-state index contributed by atoms with van der Waals surface area (Å²) in [5.41, 5.74) is 1.26. The van der Waals surface area contributed by atoms with E-state index in [1.165, 1.54) is 37.8 Å². The van der Waals surface area contributed by atoms with Gasteiger partial charge in [0.2, 0.25) is 0 Å². The van der Waals surface area contributed by atoms with Crippen LogP contribution in [0.2, 0.25) is 0 Å². The molecule has 1 unspecified atom stereocenters. The third-order valence-corrected chi connectivity index (χ3v) is 6.06. The van der Waals surface area contributed by atoms with Gasteiger partial charge in [-0.15, -0.1) is 5.10 Å². The number of nitrogens with one attached hydrogen (secondary N) is 1. The molecule has 104 valence electrons. The molecule has 1 aromatic heterocycles. The van der Waals surface area contributed by atoms with Crippen molar-refractivity contribution in [1.82, 2.24) is 20.3 Å². The second-order valence-corrected chi connectivity index (χ2v) is 7.06. The van der Waals surface area contributed by atoms with Crippen molar-refractivity contribution >= 4 is 0 Å². The minimum atomic E-state index is 0.440.